The molecule has 0 bridgehead atoms. The number of aromatic nitrogens is 3. The van der Waals surface area contributed by atoms with E-state index in [1.54, 1.807) is 18.5 Å². The van der Waals surface area contributed by atoms with E-state index in [1.807, 2.05) is 30.3 Å². The maximum absolute atomic E-state index is 13.2. The molecule has 0 spiro atoms. The smallest absolute Gasteiger partial charge is 0.123 e. The number of hydrogen-bond acceptors (Lipinski definition) is 3. The van der Waals surface area contributed by atoms with E-state index >= 15 is 0 Å². The molecule has 0 aliphatic rings. The number of halogens is 2. The number of pyridine rings is 1. The fourth-order valence-electron chi connectivity index (χ4n) is 2.72. The molecule has 4 rings (SSSR count). The summed E-state index contributed by atoms with van der Waals surface area (Å²) in [6, 6.07) is 18.2. The lowest BCUT2D eigenvalue weighted by atomic mass is 10.1. The summed E-state index contributed by atoms with van der Waals surface area (Å²) in [6.07, 6.45) is 2.22. The van der Waals surface area contributed by atoms with Crippen molar-refractivity contribution in [2.45, 2.75) is 6.42 Å². The predicted octanol–water partition coefficient (Wildman–Crippen LogP) is 5.18. The van der Waals surface area contributed by atoms with Gasteiger partial charge in [-0.05, 0) is 48.0 Å². The van der Waals surface area contributed by atoms with Crippen molar-refractivity contribution in [1.29, 1.82) is 0 Å². The van der Waals surface area contributed by atoms with Crippen molar-refractivity contribution < 1.29 is 4.39 Å². The molecule has 0 saturated carbocycles. The van der Waals surface area contributed by atoms with Crippen LogP contribution in [0.4, 0.5) is 4.39 Å². The van der Waals surface area contributed by atoms with Gasteiger partial charge in [-0.2, -0.15) is 0 Å². The highest BCUT2D eigenvalue weighted by molar-refractivity contribution is 9.10. The average molecular weight is 394 g/mol. The van der Waals surface area contributed by atoms with Gasteiger partial charge in [-0.25, -0.2) is 19.3 Å². The minimum atomic E-state index is -0.262. The molecule has 0 aliphatic heterocycles. The van der Waals surface area contributed by atoms with Crippen molar-refractivity contribution in [1.82, 2.24) is 15.0 Å². The summed E-state index contributed by atoms with van der Waals surface area (Å²) in [7, 11) is 0. The van der Waals surface area contributed by atoms with Gasteiger partial charge in [-0.1, -0.05) is 34.1 Å². The van der Waals surface area contributed by atoms with Crippen molar-refractivity contribution in [2.75, 3.05) is 0 Å². The van der Waals surface area contributed by atoms with E-state index in [2.05, 4.69) is 32.0 Å². The first-order chi connectivity index (χ1) is 12.2. The SMILES string of the molecule is Fc1ccc(-c2ccc3ncnc(Cc4ccccc4Br)c3n2)cc1. The molecule has 0 aliphatic carbocycles. The van der Waals surface area contributed by atoms with Gasteiger partial charge >= 0.3 is 0 Å². The van der Waals surface area contributed by atoms with Crippen molar-refractivity contribution in [3.8, 4) is 11.3 Å². The van der Waals surface area contributed by atoms with Crippen LogP contribution in [0.25, 0.3) is 22.3 Å². The van der Waals surface area contributed by atoms with E-state index in [0.29, 0.717) is 6.42 Å². The quantitative estimate of drug-likeness (QED) is 0.480. The Morgan fingerprint density at radius 2 is 1.68 bits per heavy atom. The Balaban J connectivity index is 1.81. The molecule has 0 saturated heterocycles. The van der Waals surface area contributed by atoms with Crippen LogP contribution in [-0.4, -0.2) is 15.0 Å². The molecule has 0 amide bonds. The predicted molar refractivity (Wildman–Crippen MR) is 99.7 cm³/mol. The first-order valence-corrected chi connectivity index (χ1v) is 8.60. The van der Waals surface area contributed by atoms with Crippen molar-refractivity contribution in [3.05, 3.63) is 88.5 Å². The lowest BCUT2D eigenvalue weighted by Crippen LogP contribution is -1.99. The molecule has 3 nitrogen and oxygen atoms in total. The van der Waals surface area contributed by atoms with E-state index < -0.39 is 0 Å². The summed E-state index contributed by atoms with van der Waals surface area (Å²) in [5.74, 6) is -0.262. The highest BCUT2D eigenvalue weighted by Crippen LogP contribution is 2.24. The molecule has 4 aromatic rings. The third-order valence-electron chi connectivity index (χ3n) is 4.01. The summed E-state index contributed by atoms with van der Waals surface area (Å²) in [6.45, 7) is 0. The maximum atomic E-state index is 13.2. The van der Waals surface area contributed by atoms with Gasteiger partial charge in [0.1, 0.15) is 17.7 Å². The minimum Gasteiger partial charge on any atom is -0.244 e. The molecule has 25 heavy (non-hydrogen) atoms. The second kappa shape index (κ2) is 6.69. The van der Waals surface area contributed by atoms with Crippen LogP contribution in [0.3, 0.4) is 0 Å². The number of nitrogens with zero attached hydrogens (tertiary/aromatic N) is 3. The van der Waals surface area contributed by atoms with E-state index in [-0.39, 0.29) is 5.82 Å². The van der Waals surface area contributed by atoms with Gasteiger partial charge in [0.2, 0.25) is 0 Å². The lowest BCUT2D eigenvalue weighted by Gasteiger charge is -2.08. The number of fused-ring (bicyclic) bond motifs is 1. The zero-order chi connectivity index (χ0) is 17.2. The number of rotatable bonds is 3. The summed E-state index contributed by atoms with van der Waals surface area (Å²) >= 11 is 3.58. The summed E-state index contributed by atoms with van der Waals surface area (Å²) < 4.78 is 14.2. The molecule has 122 valence electrons. The molecule has 0 radical (unpaired) electrons. The van der Waals surface area contributed by atoms with Crippen molar-refractivity contribution in [2.24, 2.45) is 0 Å². The van der Waals surface area contributed by atoms with E-state index in [0.717, 1.165) is 38.0 Å². The van der Waals surface area contributed by atoms with Gasteiger partial charge in [-0.3, -0.25) is 0 Å². The van der Waals surface area contributed by atoms with Crippen LogP contribution >= 0.6 is 15.9 Å². The van der Waals surface area contributed by atoms with Crippen LogP contribution in [-0.2, 0) is 6.42 Å². The third-order valence-corrected chi connectivity index (χ3v) is 4.79. The molecule has 2 heterocycles. The number of hydrogen-bond donors (Lipinski definition) is 0. The summed E-state index contributed by atoms with van der Waals surface area (Å²) in [4.78, 5) is 13.5. The minimum absolute atomic E-state index is 0.262. The second-order valence-electron chi connectivity index (χ2n) is 5.66. The van der Waals surface area contributed by atoms with Crippen LogP contribution < -0.4 is 0 Å². The molecule has 0 unspecified atom stereocenters. The van der Waals surface area contributed by atoms with Gasteiger partial charge in [0, 0.05) is 16.5 Å². The van der Waals surface area contributed by atoms with E-state index in [4.69, 9.17) is 4.98 Å². The molecule has 0 fully saturated rings. The molecule has 0 N–H and O–H groups in total. The van der Waals surface area contributed by atoms with Crippen molar-refractivity contribution >= 4 is 27.0 Å². The zero-order valence-corrected chi connectivity index (χ0v) is 14.7. The Morgan fingerprint density at radius 1 is 0.880 bits per heavy atom. The monoisotopic (exact) mass is 393 g/mol. The first kappa shape index (κ1) is 15.8. The van der Waals surface area contributed by atoms with Gasteiger partial charge in [0.05, 0.1) is 16.9 Å². The summed E-state index contributed by atoms with van der Waals surface area (Å²) in [5, 5.41) is 0. The molecular weight excluding hydrogens is 381 g/mol. The standard InChI is InChI=1S/C20H13BrFN3/c21-16-4-2-1-3-14(16)11-19-20-18(23-12-24-19)10-9-17(25-20)13-5-7-15(22)8-6-13/h1-10,12H,11H2. The largest absolute Gasteiger partial charge is 0.244 e. The van der Waals surface area contributed by atoms with Crippen LogP contribution in [0.15, 0.2) is 71.5 Å². The average Bonchev–Trinajstić information content (AvgIpc) is 2.64. The third kappa shape index (κ3) is 3.28. The molecule has 2 aromatic carbocycles. The number of benzene rings is 2. The Bertz CT molecular complexity index is 1050. The van der Waals surface area contributed by atoms with E-state index in [1.165, 1.54) is 12.1 Å². The normalized spacial score (nSPS) is 11.0. The molecule has 5 heteroatoms. The Kier molecular flexibility index (Phi) is 4.24. The molecular formula is C20H13BrFN3. The second-order valence-corrected chi connectivity index (χ2v) is 6.51. The maximum Gasteiger partial charge on any atom is 0.123 e. The van der Waals surface area contributed by atoms with Crippen LogP contribution in [0.1, 0.15) is 11.3 Å². The van der Waals surface area contributed by atoms with Gasteiger partial charge in [0.25, 0.3) is 0 Å². The highest BCUT2D eigenvalue weighted by Gasteiger charge is 2.10. The van der Waals surface area contributed by atoms with Gasteiger partial charge in [-0.15, -0.1) is 0 Å². The van der Waals surface area contributed by atoms with Crippen LogP contribution in [0.5, 0.6) is 0 Å². The molecule has 2 aromatic heterocycles. The fourth-order valence-corrected chi connectivity index (χ4v) is 3.15. The fraction of sp³-hybridized carbons (Fsp3) is 0.0500. The molecule has 0 atom stereocenters. The van der Waals surface area contributed by atoms with Crippen LogP contribution in [0.2, 0.25) is 0 Å². The Hall–Kier alpha value is -2.66. The van der Waals surface area contributed by atoms with Gasteiger partial charge < -0.3 is 0 Å². The highest BCUT2D eigenvalue weighted by atomic mass is 79.9. The Morgan fingerprint density at radius 3 is 2.48 bits per heavy atom. The zero-order valence-electron chi connectivity index (χ0n) is 13.2. The lowest BCUT2D eigenvalue weighted by molar-refractivity contribution is 0.628. The first-order valence-electron chi connectivity index (χ1n) is 7.81. The van der Waals surface area contributed by atoms with Gasteiger partial charge in [0.15, 0.2) is 0 Å². The van der Waals surface area contributed by atoms with E-state index in [9.17, 15) is 4.39 Å². The van der Waals surface area contributed by atoms with Crippen LogP contribution in [0, 0.1) is 5.82 Å². The summed E-state index contributed by atoms with van der Waals surface area (Å²) in [5.41, 5.74) is 5.19. The van der Waals surface area contributed by atoms with Crippen molar-refractivity contribution in [3.63, 3.8) is 0 Å². The Labute approximate surface area is 152 Å². The topological polar surface area (TPSA) is 38.7 Å².